The van der Waals surface area contributed by atoms with Crippen LogP contribution in [0.4, 0.5) is 4.39 Å². The molecule has 7 nitrogen and oxygen atoms in total. The minimum Gasteiger partial charge on any atom is -0.367 e. The number of halogens is 2. The van der Waals surface area contributed by atoms with Crippen LogP contribution < -0.4 is 5.32 Å². The first-order valence-corrected chi connectivity index (χ1v) is 9.41. The van der Waals surface area contributed by atoms with E-state index in [1.807, 2.05) is 18.4 Å². The number of hydrogen-bond donors (Lipinski definition) is 1. The number of aliphatic imine (C=N–C) groups is 1. The fourth-order valence-corrected chi connectivity index (χ4v) is 3.22. The number of nitrogens with zero attached hydrogens (tertiary/aromatic N) is 5. The van der Waals surface area contributed by atoms with Crippen LogP contribution in [-0.4, -0.2) is 51.4 Å². The standard InChI is InChI=1S/C19H27FN6O.HI/c1-4-21-19(22-10-18-24-23-13-25(18)5-2)26-11-14(3)27-17(12-26)15-6-8-16(20)9-7-15;/h6-9,13-14,17H,4-5,10-12H2,1-3H3,(H,21,22);1H. The molecule has 0 saturated carbocycles. The predicted octanol–water partition coefficient (Wildman–Crippen LogP) is 2.98. The topological polar surface area (TPSA) is 67.6 Å². The molecule has 1 aromatic carbocycles. The molecule has 0 aliphatic carbocycles. The van der Waals surface area contributed by atoms with Gasteiger partial charge in [0.2, 0.25) is 0 Å². The van der Waals surface area contributed by atoms with Crippen LogP contribution in [0.3, 0.4) is 0 Å². The first kappa shape index (κ1) is 22.5. The maximum atomic E-state index is 13.2. The minimum absolute atomic E-state index is 0. The van der Waals surface area contributed by atoms with E-state index in [0.29, 0.717) is 13.1 Å². The molecule has 1 saturated heterocycles. The second-order valence-corrected chi connectivity index (χ2v) is 6.60. The Balaban J connectivity index is 0.00000280. The van der Waals surface area contributed by atoms with Gasteiger partial charge in [-0.1, -0.05) is 12.1 Å². The number of benzene rings is 1. The first-order valence-electron chi connectivity index (χ1n) is 9.41. The van der Waals surface area contributed by atoms with Crippen LogP contribution in [0.15, 0.2) is 35.6 Å². The molecule has 1 aliphatic heterocycles. The SMILES string of the molecule is CCNC(=NCc1nncn1CC)N1CC(C)OC(c2ccc(F)cc2)C1.I. The minimum atomic E-state index is -0.241. The van der Waals surface area contributed by atoms with Crippen LogP contribution in [-0.2, 0) is 17.8 Å². The Bertz CT molecular complexity index is 766. The Hall–Kier alpha value is -1.75. The zero-order valence-corrected chi connectivity index (χ0v) is 18.8. The quantitative estimate of drug-likeness (QED) is 0.387. The predicted molar refractivity (Wildman–Crippen MR) is 117 cm³/mol. The molecule has 9 heteroatoms. The highest BCUT2D eigenvalue weighted by atomic mass is 127. The summed E-state index contributed by atoms with van der Waals surface area (Å²) in [5.41, 5.74) is 0.967. The monoisotopic (exact) mass is 502 g/mol. The van der Waals surface area contributed by atoms with Crippen molar-refractivity contribution in [2.24, 2.45) is 4.99 Å². The zero-order valence-electron chi connectivity index (χ0n) is 16.5. The van der Waals surface area contributed by atoms with E-state index < -0.39 is 0 Å². The molecule has 1 aromatic heterocycles. The Morgan fingerprint density at radius 3 is 2.71 bits per heavy atom. The molecule has 1 N–H and O–H groups in total. The van der Waals surface area contributed by atoms with Gasteiger partial charge >= 0.3 is 0 Å². The summed E-state index contributed by atoms with van der Waals surface area (Å²) in [5, 5.41) is 11.5. The molecule has 28 heavy (non-hydrogen) atoms. The summed E-state index contributed by atoms with van der Waals surface area (Å²) in [6.45, 7) is 9.58. The van der Waals surface area contributed by atoms with E-state index in [0.717, 1.165) is 37.0 Å². The number of aryl methyl sites for hydroxylation is 1. The van der Waals surface area contributed by atoms with Gasteiger partial charge in [0.15, 0.2) is 11.8 Å². The lowest BCUT2D eigenvalue weighted by Crippen LogP contribution is -2.50. The highest BCUT2D eigenvalue weighted by molar-refractivity contribution is 14.0. The van der Waals surface area contributed by atoms with E-state index in [9.17, 15) is 4.39 Å². The maximum absolute atomic E-state index is 13.2. The fraction of sp³-hybridized carbons (Fsp3) is 0.526. The van der Waals surface area contributed by atoms with Crippen molar-refractivity contribution < 1.29 is 9.13 Å². The van der Waals surface area contributed by atoms with Gasteiger partial charge in [0.25, 0.3) is 0 Å². The first-order chi connectivity index (χ1) is 13.1. The number of ether oxygens (including phenoxy) is 1. The van der Waals surface area contributed by atoms with Crippen molar-refractivity contribution >= 4 is 29.9 Å². The Kier molecular flexibility index (Phi) is 8.61. The third-order valence-electron chi connectivity index (χ3n) is 4.54. The average molecular weight is 502 g/mol. The molecule has 3 rings (SSSR count). The largest absolute Gasteiger partial charge is 0.367 e. The second-order valence-electron chi connectivity index (χ2n) is 6.60. The van der Waals surface area contributed by atoms with Crippen LogP contribution in [0.5, 0.6) is 0 Å². The molecule has 0 spiro atoms. The van der Waals surface area contributed by atoms with Crippen molar-refractivity contribution in [3.63, 3.8) is 0 Å². The summed E-state index contributed by atoms with van der Waals surface area (Å²) in [5.74, 6) is 1.42. The maximum Gasteiger partial charge on any atom is 0.194 e. The Labute approximate surface area is 182 Å². The van der Waals surface area contributed by atoms with E-state index in [1.165, 1.54) is 12.1 Å². The number of morpholine rings is 1. The number of hydrogen-bond acceptors (Lipinski definition) is 4. The third-order valence-corrected chi connectivity index (χ3v) is 4.54. The molecule has 2 unspecified atom stereocenters. The van der Waals surface area contributed by atoms with Crippen LogP contribution in [0.1, 0.15) is 38.3 Å². The molecular weight excluding hydrogens is 474 g/mol. The van der Waals surface area contributed by atoms with E-state index in [1.54, 1.807) is 18.5 Å². The van der Waals surface area contributed by atoms with Gasteiger partial charge in [-0.25, -0.2) is 9.38 Å². The van der Waals surface area contributed by atoms with E-state index in [4.69, 9.17) is 9.73 Å². The number of guanidine groups is 1. The number of aromatic nitrogens is 3. The van der Waals surface area contributed by atoms with Crippen LogP contribution in [0, 0.1) is 5.82 Å². The normalized spacial score (nSPS) is 20.0. The van der Waals surface area contributed by atoms with Crippen LogP contribution in [0.25, 0.3) is 0 Å². The van der Waals surface area contributed by atoms with Crippen LogP contribution in [0.2, 0.25) is 0 Å². The van der Waals surface area contributed by atoms with Crippen molar-refractivity contribution in [3.05, 3.63) is 47.8 Å². The number of nitrogens with one attached hydrogen (secondary N) is 1. The number of rotatable bonds is 5. The highest BCUT2D eigenvalue weighted by Crippen LogP contribution is 2.25. The van der Waals surface area contributed by atoms with Gasteiger partial charge in [-0.15, -0.1) is 34.2 Å². The molecule has 0 amide bonds. The molecule has 2 heterocycles. The second kappa shape index (κ2) is 10.7. The van der Waals surface area contributed by atoms with Crippen molar-refractivity contribution in [2.75, 3.05) is 19.6 Å². The van der Waals surface area contributed by atoms with Gasteiger partial charge in [-0.3, -0.25) is 0 Å². The van der Waals surface area contributed by atoms with Gasteiger partial charge in [-0.05, 0) is 38.5 Å². The molecule has 2 aromatic rings. The van der Waals surface area contributed by atoms with Crippen molar-refractivity contribution in [2.45, 2.75) is 46.1 Å². The van der Waals surface area contributed by atoms with E-state index in [-0.39, 0.29) is 42.0 Å². The average Bonchev–Trinajstić information content (AvgIpc) is 3.12. The third kappa shape index (κ3) is 5.63. The molecule has 1 fully saturated rings. The van der Waals surface area contributed by atoms with Crippen LogP contribution >= 0.6 is 24.0 Å². The Morgan fingerprint density at radius 2 is 2.04 bits per heavy atom. The fourth-order valence-electron chi connectivity index (χ4n) is 3.22. The van der Waals surface area contributed by atoms with E-state index in [2.05, 4.69) is 27.3 Å². The van der Waals surface area contributed by atoms with E-state index >= 15 is 0 Å². The smallest absolute Gasteiger partial charge is 0.194 e. The van der Waals surface area contributed by atoms with Gasteiger partial charge in [0.1, 0.15) is 24.8 Å². The lowest BCUT2D eigenvalue weighted by Gasteiger charge is -2.38. The van der Waals surface area contributed by atoms with Crippen molar-refractivity contribution in [1.29, 1.82) is 0 Å². The van der Waals surface area contributed by atoms with Gasteiger partial charge in [0, 0.05) is 19.6 Å². The van der Waals surface area contributed by atoms with Crippen molar-refractivity contribution in [3.8, 4) is 0 Å². The lowest BCUT2D eigenvalue weighted by atomic mass is 10.1. The molecule has 1 aliphatic rings. The highest BCUT2D eigenvalue weighted by Gasteiger charge is 2.28. The summed E-state index contributed by atoms with van der Waals surface area (Å²) in [6, 6.07) is 6.51. The molecule has 0 bridgehead atoms. The molecule has 154 valence electrons. The molecule has 0 radical (unpaired) electrons. The summed E-state index contributed by atoms with van der Waals surface area (Å²) in [4.78, 5) is 6.95. The Morgan fingerprint density at radius 1 is 1.29 bits per heavy atom. The summed E-state index contributed by atoms with van der Waals surface area (Å²) in [6.07, 6.45) is 1.63. The van der Waals surface area contributed by atoms with Crippen molar-refractivity contribution in [1.82, 2.24) is 25.0 Å². The molecular formula is C19H28FIN6O. The lowest BCUT2D eigenvalue weighted by molar-refractivity contribution is -0.0605. The summed E-state index contributed by atoms with van der Waals surface area (Å²) >= 11 is 0. The molecule has 2 atom stereocenters. The summed E-state index contributed by atoms with van der Waals surface area (Å²) in [7, 11) is 0. The zero-order chi connectivity index (χ0) is 19.2. The van der Waals surface area contributed by atoms with Gasteiger partial charge in [0.05, 0.1) is 12.6 Å². The van der Waals surface area contributed by atoms with Gasteiger partial charge < -0.3 is 19.5 Å². The summed E-state index contributed by atoms with van der Waals surface area (Å²) < 4.78 is 21.3. The van der Waals surface area contributed by atoms with Gasteiger partial charge in [-0.2, -0.15) is 0 Å².